The predicted octanol–water partition coefficient (Wildman–Crippen LogP) is 4.56. The van der Waals surface area contributed by atoms with Crippen LogP contribution in [0, 0.1) is 0 Å². The zero-order chi connectivity index (χ0) is 27.0. The van der Waals surface area contributed by atoms with E-state index in [9.17, 15) is 13.2 Å². The Bertz CT molecular complexity index is 1340. The zero-order valence-electron chi connectivity index (χ0n) is 21.6. The molecule has 8 nitrogen and oxygen atoms in total. The molecule has 0 spiro atoms. The summed E-state index contributed by atoms with van der Waals surface area (Å²) in [6.07, 6.45) is 2.51. The van der Waals surface area contributed by atoms with Crippen LogP contribution in [0.4, 0.5) is 11.4 Å². The van der Waals surface area contributed by atoms with E-state index in [0.29, 0.717) is 29.3 Å². The van der Waals surface area contributed by atoms with Gasteiger partial charge in [-0.1, -0.05) is 24.3 Å². The topological polar surface area (TPSA) is 97.0 Å². The average Bonchev–Trinajstić information content (AvgIpc) is 3.47. The van der Waals surface area contributed by atoms with Gasteiger partial charge in [0.15, 0.2) is 11.5 Å². The largest absolute Gasteiger partial charge is 0.493 e. The van der Waals surface area contributed by atoms with Crippen molar-refractivity contribution in [3.63, 3.8) is 0 Å². The Morgan fingerprint density at radius 1 is 0.947 bits per heavy atom. The minimum atomic E-state index is -3.84. The van der Waals surface area contributed by atoms with Crippen molar-refractivity contribution in [3.8, 4) is 11.5 Å². The normalized spacial score (nSPS) is 13.4. The number of nitrogens with zero attached hydrogens (tertiary/aromatic N) is 1. The summed E-state index contributed by atoms with van der Waals surface area (Å²) in [4.78, 5) is 15.8. The molecule has 4 rings (SSSR count). The number of carbonyl (C=O) groups excluding carboxylic acids is 1. The molecule has 1 heterocycles. The van der Waals surface area contributed by atoms with Crippen LogP contribution in [0.5, 0.6) is 11.5 Å². The number of nitrogens with one attached hydrogen (secondary N) is 2. The maximum absolute atomic E-state index is 13.5. The Morgan fingerprint density at radius 2 is 1.68 bits per heavy atom. The number of rotatable bonds is 12. The quantitative estimate of drug-likeness (QED) is 0.316. The highest BCUT2D eigenvalue weighted by Gasteiger charge is 2.24. The van der Waals surface area contributed by atoms with Gasteiger partial charge in [0.05, 0.1) is 25.7 Å². The van der Waals surface area contributed by atoms with Crippen LogP contribution in [-0.2, 0) is 21.2 Å². The van der Waals surface area contributed by atoms with E-state index >= 15 is 0 Å². The van der Waals surface area contributed by atoms with Crippen LogP contribution in [0.2, 0.25) is 0 Å². The molecule has 0 bridgehead atoms. The number of sulfonamides is 1. The summed E-state index contributed by atoms with van der Waals surface area (Å²) >= 11 is 1.43. The Hall–Kier alpha value is -3.21. The second-order valence-corrected chi connectivity index (χ2v) is 11.6. The molecule has 0 aromatic heterocycles. The molecule has 2 N–H and O–H groups in total. The summed E-state index contributed by atoms with van der Waals surface area (Å²) in [6.45, 7) is 1.81. The number of carbonyl (C=O) groups is 1. The molecule has 202 valence electrons. The molecule has 1 aliphatic heterocycles. The second kappa shape index (κ2) is 13.0. The van der Waals surface area contributed by atoms with Crippen LogP contribution in [0.3, 0.4) is 0 Å². The first-order valence-corrected chi connectivity index (χ1v) is 14.9. The van der Waals surface area contributed by atoms with Crippen LogP contribution in [-0.4, -0.2) is 53.9 Å². The molecular formula is C28H33N3O5S2. The Morgan fingerprint density at radius 3 is 2.39 bits per heavy atom. The molecule has 0 saturated carbocycles. The van der Waals surface area contributed by atoms with E-state index in [2.05, 4.69) is 14.9 Å². The summed E-state index contributed by atoms with van der Waals surface area (Å²) in [5.74, 6) is 1.24. The highest BCUT2D eigenvalue weighted by molar-refractivity contribution is 8.00. The van der Waals surface area contributed by atoms with Crippen molar-refractivity contribution < 1.29 is 22.7 Å². The van der Waals surface area contributed by atoms with E-state index in [1.807, 2.05) is 42.5 Å². The Balaban J connectivity index is 1.47. The van der Waals surface area contributed by atoms with Crippen LogP contribution in [0.15, 0.2) is 76.5 Å². The third kappa shape index (κ3) is 7.21. The van der Waals surface area contributed by atoms with Crippen LogP contribution in [0.1, 0.15) is 18.4 Å². The molecule has 38 heavy (non-hydrogen) atoms. The fourth-order valence-corrected chi connectivity index (χ4v) is 6.33. The van der Waals surface area contributed by atoms with Crippen molar-refractivity contribution in [2.24, 2.45) is 0 Å². The highest BCUT2D eigenvalue weighted by Crippen LogP contribution is 2.31. The third-order valence-corrected chi connectivity index (χ3v) is 8.75. The van der Waals surface area contributed by atoms with Gasteiger partial charge in [0.25, 0.3) is 0 Å². The first kappa shape index (κ1) is 27.8. The van der Waals surface area contributed by atoms with Gasteiger partial charge in [-0.15, -0.1) is 11.8 Å². The number of thioether (sulfide) groups is 1. The van der Waals surface area contributed by atoms with Crippen molar-refractivity contribution in [2.45, 2.75) is 29.1 Å². The first-order chi connectivity index (χ1) is 18.4. The van der Waals surface area contributed by atoms with E-state index in [4.69, 9.17) is 9.47 Å². The third-order valence-electron chi connectivity index (χ3n) is 6.25. The van der Waals surface area contributed by atoms with Crippen molar-refractivity contribution >= 4 is 39.1 Å². The van der Waals surface area contributed by atoms with Crippen LogP contribution >= 0.6 is 11.8 Å². The minimum absolute atomic E-state index is 0.167. The number of amides is 1. The number of hydrogen-bond acceptors (Lipinski definition) is 7. The zero-order valence-corrected chi connectivity index (χ0v) is 23.2. The van der Waals surface area contributed by atoms with E-state index in [-0.39, 0.29) is 23.1 Å². The SMILES string of the molecule is COc1ccc(CCNS(=O)(=O)c2cc(NC(=O)CSc3ccccc3)ccc2N2CCCC2)cc1OC. The lowest BCUT2D eigenvalue weighted by atomic mass is 10.1. The molecule has 1 amide bonds. The highest BCUT2D eigenvalue weighted by atomic mass is 32.2. The van der Waals surface area contributed by atoms with Gasteiger partial charge in [0, 0.05) is 30.2 Å². The fourth-order valence-electron chi connectivity index (χ4n) is 4.33. The van der Waals surface area contributed by atoms with E-state index in [0.717, 1.165) is 36.4 Å². The Kier molecular flexibility index (Phi) is 9.54. The molecular weight excluding hydrogens is 522 g/mol. The molecule has 3 aromatic rings. The van der Waals surface area contributed by atoms with E-state index in [1.54, 1.807) is 38.5 Å². The fraction of sp³-hybridized carbons (Fsp3) is 0.321. The first-order valence-electron chi connectivity index (χ1n) is 12.5. The van der Waals surface area contributed by atoms with Gasteiger partial charge in [-0.2, -0.15) is 0 Å². The van der Waals surface area contributed by atoms with Crippen LogP contribution in [0.25, 0.3) is 0 Å². The molecule has 0 unspecified atom stereocenters. The van der Waals surface area contributed by atoms with Crippen molar-refractivity contribution in [2.75, 3.05) is 49.8 Å². The lowest BCUT2D eigenvalue weighted by Crippen LogP contribution is -2.29. The molecule has 3 aromatic carbocycles. The Labute approximate surface area is 228 Å². The van der Waals surface area contributed by atoms with Gasteiger partial charge in [-0.3, -0.25) is 4.79 Å². The molecule has 1 aliphatic rings. The molecule has 1 fully saturated rings. The van der Waals surface area contributed by atoms with Gasteiger partial charge < -0.3 is 19.7 Å². The lowest BCUT2D eigenvalue weighted by Gasteiger charge is -2.22. The monoisotopic (exact) mass is 555 g/mol. The van der Waals surface area contributed by atoms with Crippen molar-refractivity contribution in [1.82, 2.24) is 4.72 Å². The maximum atomic E-state index is 13.5. The van der Waals surface area contributed by atoms with Crippen molar-refractivity contribution in [3.05, 3.63) is 72.3 Å². The summed E-state index contributed by atoms with van der Waals surface area (Å²) in [5, 5.41) is 2.85. The number of methoxy groups -OCH3 is 2. The number of benzene rings is 3. The molecule has 0 radical (unpaired) electrons. The maximum Gasteiger partial charge on any atom is 0.242 e. The summed E-state index contributed by atoms with van der Waals surface area (Å²) in [5.41, 5.74) is 2.02. The smallest absolute Gasteiger partial charge is 0.242 e. The van der Waals surface area contributed by atoms with Gasteiger partial charge >= 0.3 is 0 Å². The van der Waals surface area contributed by atoms with Gasteiger partial charge in [-0.05, 0) is 67.3 Å². The molecule has 0 atom stereocenters. The summed E-state index contributed by atoms with van der Waals surface area (Å²) < 4.78 is 40.3. The van der Waals surface area contributed by atoms with Gasteiger partial charge in [0.1, 0.15) is 4.90 Å². The predicted molar refractivity (Wildman–Crippen MR) is 152 cm³/mol. The van der Waals surface area contributed by atoms with Crippen molar-refractivity contribution in [1.29, 1.82) is 0 Å². The molecule has 1 saturated heterocycles. The number of ether oxygens (including phenoxy) is 2. The number of hydrogen-bond donors (Lipinski definition) is 2. The standard InChI is InChI=1S/C28H33N3O5S2/c1-35-25-13-10-21(18-26(25)36-2)14-15-29-38(33,34)27-19-22(11-12-24(27)31-16-6-7-17-31)30-28(32)20-37-23-8-4-3-5-9-23/h3-5,8-13,18-19,29H,6-7,14-17,20H2,1-2H3,(H,30,32). The second-order valence-electron chi connectivity index (χ2n) is 8.86. The molecule has 0 aliphatic carbocycles. The lowest BCUT2D eigenvalue weighted by molar-refractivity contribution is -0.113. The summed E-state index contributed by atoms with van der Waals surface area (Å²) in [7, 11) is -0.707. The molecule has 10 heteroatoms. The minimum Gasteiger partial charge on any atom is -0.493 e. The summed E-state index contributed by atoms with van der Waals surface area (Å²) in [6, 6.07) is 20.3. The van der Waals surface area contributed by atoms with E-state index < -0.39 is 10.0 Å². The van der Waals surface area contributed by atoms with Gasteiger partial charge in [-0.25, -0.2) is 13.1 Å². The number of anilines is 2. The van der Waals surface area contributed by atoms with E-state index in [1.165, 1.54) is 11.8 Å². The average molecular weight is 556 g/mol. The van der Waals surface area contributed by atoms with Crippen LogP contribution < -0.4 is 24.4 Å². The van der Waals surface area contributed by atoms with Gasteiger partial charge in [0.2, 0.25) is 15.9 Å².